The number of nitrogens with zero attached hydrogens (tertiary/aromatic N) is 2. The van der Waals surface area contributed by atoms with Crippen LogP contribution in [-0.2, 0) is 17.6 Å². The standard InChI is InChI=1S/C19H22Cl2N2O3/c1-2-3-8-16(19(24)25)26-17-11-12(9-10-14(17)20)23-18(21)13-6-4-5-7-15(13)22-23/h9-11,16H,2-8H2,1H3,(H,24,25). The molecule has 1 atom stereocenters. The maximum atomic E-state index is 11.5. The van der Waals surface area contributed by atoms with Crippen LogP contribution in [0.5, 0.6) is 5.75 Å². The lowest BCUT2D eigenvalue weighted by atomic mass is 9.99. The average Bonchev–Trinajstić information content (AvgIpc) is 2.97. The summed E-state index contributed by atoms with van der Waals surface area (Å²) in [6.07, 6.45) is 5.27. The highest BCUT2D eigenvalue weighted by Gasteiger charge is 2.23. The van der Waals surface area contributed by atoms with Gasteiger partial charge in [0, 0.05) is 11.6 Å². The van der Waals surface area contributed by atoms with Crippen LogP contribution < -0.4 is 4.74 Å². The molecule has 0 saturated heterocycles. The first-order chi connectivity index (χ1) is 12.5. The largest absolute Gasteiger partial charge is 0.479 e. The normalized spacial score (nSPS) is 14.7. The van der Waals surface area contributed by atoms with Crippen LogP contribution in [0.4, 0.5) is 0 Å². The van der Waals surface area contributed by atoms with Crippen molar-refractivity contribution in [1.82, 2.24) is 9.78 Å². The summed E-state index contributed by atoms with van der Waals surface area (Å²) in [6.45, 7) is 2.01. The third-order valence-electron chi connectivity index (χ3n) is 4.62. The first kappa shape index (κ1) is 19.1. The molecule has 1 unspecified atom stereocenters. The molecule has 26 heavy (non-hydrogen) atoms. The van der Waals surface area contributed by atoms with Crippen molar-refractivity contribution in [3.63, 3.8) is 0 Å². The molecular weight excluding hydrogens is 375 g/mol. The quantitative estimate of drug-likeness (QED) is 0.708. The van der Waals surface area contributed by atoms with Crippen LogP contribution >= 0.6 is 23.2 Å². The number of benzene rings is 1. The van der Waals surface area contributed by atoms with E-state index in [1.807, 2.05) is 6.92 Å². The molecule has 0 bridgehead atoms. The number of hydrogen-bond acceptors (Lipinski definition) is 3. The molecule has 7 heteroatoms. The van der Waals surface area contributed by atoms with E-state index in [4.69, 9.17) is 27.9 Å². The predicted molar refractivity (Wildman–Crippen MR) is 102 cm³/mol. The Balaban J connectivity index is 1.90. The summed E-state index contributed by atoms with van der Waals surface area (Å²) < 4.78 is 7.38. The van der Waals surface area contributed by atoms with Crippen molar-refractivity contribution in [1.29, 1.82) is 0 Å². The van der Waals surface area contributed by atoms with Gasteiger partial charge in [0.1, 0.15) is 10.9 Å². The molecule has 140 valence electrons. The zero-order chi connectivity index (χ0) is 18.7. The van der Waals surface area contributed by atoms with Gasteiger partial charge in [0.05, 0.1) is 16.4 Å². The summed E-state index contributed by atoms with van der Waals surface area (Å²) in [5.74, 6) is -0.662. The van der Waals surface area contributed by atoms with Gasteiger partial charge in [-0.1, -0.05) is 36.5 Å². The maximum Gasteiger partial charge on any atom is 0.344 e. The number of unbranched alkanes of at least 4 members (excludes halogenated alkanes) is 1. The summed E-state index contributed by atoms with van der Waals surface area (Å²) in [5.41, 5.74) is 2.84. The van der Waals surface area contributed by atoms with E-state index in [0.29, 0.717) is 28.0 Å². The molecule has 3 rings (SSSR count). The minimum absolute atomic E-state index is 0.331. The lowest BCUT2D eigenvalue weighted by Crippen LogP contribution is -2.27. The third kappa shape index (κ3) is 3.99. The second kappa shape index (κ2) is 8.31. The van der Waals surface area contributed by atoms with Gasteiger partial charge in [-0.05, 0) is 50.7 Å². The number of aliphatic carboxylic acids is 1. The van der Waals surface area contributed by atoms with Crippen molar-refractivity contribution in [3.8, 4) is 11.4 Å². The van der Waals surface area contributed by atoms with Crippen LogP contribution in [0.1, 0.15) is 50.3 Å². The molecule has 0 radical (unpaired) electrons. The summed E-state index contributed by atoms with van der Waals surface area (Å²) in [5, 5.41) is 15.0. The van der Waals surface area contributed by atoms with Gasteiger partial charge in [-0.3, -0.25) is 0 Å². The minimum atomic E-state index is -0.993. The second-order valence-electron chi connectivity index (χ2n) is 6.54. The van der Waals surface area contributed by atoms with Gasteiger partial charge in [-0.25, -0.2) is 9.48 Å². The van der Waals surface area contributed by atoms with Gasteiger partial charge in [0.2, 0.25) is 0 Å². The van der Waals surface area contributed by atoms with E-state index < -0.39 is 12.1 Å². The number of carbonyl (C=O) groups is 1. The van der Waals surface area contributed by atoms with Crippen molar-refractivity contribution in [2.24, 2.45) is 0 Å². The van der Waals surface area contributed by atoms with Gasteiger partial charge >= 0.3 is 5.97 Å². The van der Waals surface area contributed by atoms with Gasteiger partial charge in [-0.15, -0.1) is 0 Å². The first-order valence-electron chi connectivity index (χ1n) is 8.97. The molecular formula is C19H22Cl2N2O3. The van der Waals surface area contributed by atoms with E-state index >= 15 is 0 Å². The molecule has 0 amide bonds. The number of carboxylic acids is 1. The van der Waals surface area contributed by atoms with Crippen LogP contribution in [0.15, 0.2) is 18.2 Å². The molecule has 1 aliphatic carbocycles. The van der Waals surface area contributed by atoms with Crippen molar-refractivity contribution in [3.05, 3.63) is 39.6 Å². The van der Waals surface area contributed by atoms with Crippen LogP contribution in [0.3, 0.4) is 0 Å². The van der Waals surface area contributed by atoms with Gasteiger partial charge < -0.3 is 9.84 Å². The topological polar surface area (TPSA) is 64.4 Å². The molecule has 1 aromatic heterocycles. The molecule has 0 fully saturated rings. The molecule has 1 aliphatic rings. The highest BCUT2D eigenvalue weighted by atomic mass is 35.5. The second-order valence-corrected chi connectivity index (χ2v) is 7.30. The fraction of sp³-hybridized carbons (Fsp3) is 0.474. The smallest absolute Gasteiger partial charge is 0.344 e. The molecule has 0 spiro atoms. The average molecular weight is 397 g/mol. The minimum Gasteiger partial charge on any atom is -0.479 e. The Bertz CT molecular complexity index is 804. The number of carboxylic acid groups (broad SMARTS) is 1. The Morgan fingerprint density at radius 3 is 2.81 bits per heavy atom. The van der Waals surface area contributed by atoms with Gasteiger partial charge in [-0.2, -0.15) is 5.10 Å². The molecule has 0 saturated carbocycles. The summed E-state index contributed by atoms with van der Waals surface area (Å²) in [6, 6.07) is 5.19. The number of aryl methyl sites for hydroxylation is 1. The number of fused-ring (bicyclic) bond motifs is 1. The molecule has 0 aliphatic heterocycles. The van der Waals surface area contributed by atoms with E-state index in [0.717, 1.165) is 49.8 Å². The summed E-state index contributed by atoms with van der Waals surface area (Å²) in [4.78, 5) is 11.5. The van der Waals surface area contributed by atoms with E-state index in [2.05, 4.69) is 5.10 Å². The zero-order valence-electron chi connectivity index (χ0n) is 14.7. The molecule has 5 nitrogen and oxygen atoms in total. The fourth-order valence-corrected chi connectivity index (χ4v) is 3.68. The van der Waals surface area contributed by atoms with Crippen molar-refractivity contribution < 1.29 is 14.6 Å². The van der Waals surface area contributed by atoms with Crippen molar-refractivity contribution in [2.45, 2.75) is 58.0 Å². The molecule has 2 aromatic rings. The Kier molecular flexibility index (Phi) is 6.09. The van der Waals surface area contributed by atoms with Gasteiger partial charge in [0.15, 0.2) is 6.10 Å². The molecule has 1 heterocycles. The molecule has 1 N–H and O–H groups in total. The van der Waals surface area contributed by atoms with E-state index in [1.165, 1.54) is 0 Å². The Morgan fingerprint density at radius 2 is 2.12 bits per heavy atom. The number of hydrogen-bond donors (Lipinski definition) is 1. The zero-order valence-corrected chi connectivity index (χ0v) is 16.2. The monoisotopic (exact) mass is 396 g/mol. The van der Waals surface area contributed by atoms with Gasteiger partial charge in [0.25, 0.3) is 0 Å². The van der Waals surface area contributed by atoms with E-state index in [1.54, 1.807) is 22.9 Å². The highest BCUT2D eigenvalue weighted by molar-refractivity contribution is 6.32. The van der Waals surface area contributed by atoms with Crippen LogP contribution in [0.2, 0.25) is 10.2 Å². The highest BCUT2D eigenvalue weighted by Crippen LogP contribution is 2.33. The predicted octanol–water partition coefficient (Wildman–Crippen LogP) is 5.08. The van der Waals surface area contributed by atoms with Crippen LogP contribution in [-0.4, -0.2) is 27.0 Å². The summed E-state index contributed by atoms with van der Waals surface area (Å²) in [7, 11) is 0. The number of ether oxygens (including phenoxy) is 1. The number of halogens is 2. The Morgan fingerprint density at radius 1 is 1.35 bits per heavy atom. The van der Waals surface area contributed by atoms with Crippen molar-refractivity contribution >= 4 is 29.2 Å². The van der Waals surface area contributed by atoms with Crippen molar-refractivity contribution in [2.75, 3.05) is 0 Å². The third-order valence-corrected chi connectivity index (χ3v) is 5.32. The van der Waals surface area contributed by atoms with E-state index in [9.17, 15) is 9.90 Å². The fourth-order valence-electron chi connectivity index (χ4n) is 3.18. The Labute approximate surface area is 162 Å². The lowest BCUT2D eigenvalue weighted by Gasteiger charge is -2.16. The lowest BCUT2D eigenvalue weighted by molar-refractivity contribution is -0.145. The van der Waals surface area contributed by atoms with E-state index in [-0.39, 0.29) is 0 Å². The Hall–Kier alpha value is -1.72. The number of rotatable bonds is 7. The SMILES string of the molecule is CCCCC(Oc1cc(-n2nc3c(c2Cl)CCCC3)ccc1Cl)C(=O)O. The number of aromatic nitrogens is 2. The summed E-state index contributed by atoms with van der Waals surface area (Å²) >= 11 is 12.8. The molecule has 1 aromatic carbocycles. The first-order valence-corrected chi connectivity index (χ1v) is 9.72. The van der Waals surface area contributed by atoms with Crippen LogP contribution in [0, 0.1) is 0 Å². The maximum absolute atomic E-state index is 11.5. The van der Waals surface area contributed by atoms with Crippen LogP contribution in [0.25, 0.3) is 5.69 Å².